The van der Waals surface area contributed by atoms with Gasteiger partial charge in [-0.05, 0) is 24.3 Å². The van der Waals surface area contributed by atoms with E-state index in [2.05, 4.69) is 0 Å². The average molecular weight is 374 g/mol. The molecule has 0 spiro atoms. The predicted octanol–water partition coefficient (Wildman–Crippen LogP) is 1.42. The van der Waals surface area contributed by atoms with Crippen molar-refractivity contribution in [2.75, 3.05) is 6.61 Å². The van der Waals surface area contributed by atoms with Crippen molar-refractivity contribution in [2.45, 2.75) is 32.2 Å². The predicted molar refractivity (Wildman–Crippen MR) is 94.1 cm³/mol. The third-order valence-electron chi connectivity index (χ3n) is 3.97. The van der Waals surface area contributed by atoms with Gasteiger partial charge in [0.1, 0.15) is 29.6 Å². The minimum atomic E-state index is -1.32. The minimum absolute atomic E-state index is 0.223. The van der Waals surface area contributed by atoms with Crippen LogP contribution >= 0.6 is 0 Å². The number of benzene rings is 1. The Morgan fingerprint density at radius 1 is 1.22 bits per heavy atom. The largest absolute Gasteiger partial charge is 0.481 e. The number of hydrogen-bond acceptors (Lipinski definition) is 8. The van der Waals surface area contributed by atoms with Gasteiger partial charge in [-0.15, -0.1) is 0 Å². The molecule has 3 rings (SSSR count). The highest BCUT2D eigenvalue weighted by Gasteiger charge is 2.35. The van der Waals surface area contributed by atoms with E-state index in [1.165, 1.54) is 26.0 Å². The molecular weight excluding hydrogens is 356 g/mol. The van der Waals surface area contributed by atoms with Gasteiger partial charge in [0.05, 0.1) is 5.39 Å². The molecule has 2 aromatic rings. The van der Waals surface area contributed by atoms with E-state index in [-0.39, 0.29) is 17.9 Å². The smallest absolute Gasteiger partial charge is 0.347 e. The number of aliphatic hydroxyl groups is 1. The fourth-order valence-electron chi connectivity index (χ4n) is 2.80. The summed E-state index contributed by atoms with van der Waals surface area (Å²) in [6, 6.07) is 6.84. The van der Waals surface area contributed by atoms with E-state index in [4.69, 9.17) is 18.6 Å². The van der Waals surface area contributed by atoms with Gasteiger partial charge in [0.15, 0.2) is 12.2 Å². The molecule has 0 saturated heterocycles. The molecule has 8 heteroatoms. The van der Waals surface area contributed by atoms with E-state index in [1.807, 2.05) is 0 Å². The lowest BCUT2D eigenvalue weighted by molar-refractivity contribution is -0.164. The molecule has 1 aliphatic rings. The summed E-state index contributed by atoms with van der Waals surface area (Å²) in [4.78, 5) is 34.6. The topological polar surface area (TPSA) is 112 Å². The number of para-hydroxylation sites is 1. The van der Waals surface area contributed by atoms with Crippen molar-refractivity contribution in [3.63, 3.8) is 0 Å². The van der Waals surface area contributed by atoms with Crippen molar-refractivity contribution in [3.8, 4) is 5.75 Å². The first-order valence-corrected chi connectivity index (χ1v) is 8.26. The lowest BCUT2D eigenvalue weighted by Crippen LogP contribution is -2.46. The van der Waals surface area contributed by atoms with Gasteiger partial charge in [-0.2, -0.15) is 0 Å². The van der Waals surface area contributed by atoms with Crippen molar-refractivity contribution in [3.05, 3.63) is 46.3 Å². The first-order chi connectivity index (χ1) is 12.9. The lowest BCUT2D eigenvalue weighted by Gasteiger charge is -2.31. The maximum absolute atomic E-state index is 12.2. The van der Waals surface area contributed by atoms with E-state index in [9.17, 15) is 19.5 Å². The van der Waals surface area contributed by atoms with E-state index in [0.29, 0.717) is 11.0 Å². The van der Waals surface area contributed by atoms with E-state index < -0.39 is 35.9 Å². The Kier molecular flexibility index (Phi) is 5.27. The van der Waals surface area contributed by atoms with E-state index >= 15 is 0 Å². The second-order valence-electron chi connectivity index (χ2n) is 6.01. The molecular formula is C19H18O8. The molecule has 1 aliphatic heterocycles. The van der Waals surface area contributed by atoms with Crippen LogP contribution in [-0.4, -0.2) is 42.0 Å². The van der Waals surface area contributed by atoms with Crippen molar-refractivity contribution >= 4 is 29.0 Å². The molecule has 142 valence electrons. The zero-order valence-electron chi connectivity index (χ0n) is 14.7. The van der Waals surface area contributed by atoms with Crippen LogP contribution in [0.4, 0.5) is 0 Å². The van der Waals surface area contributed by atoms with Crippen molar-refractivity contribution < 1.29 is 33.3 Å². The number of esters is 2. The monoisotopic (exact) mass is 374 g/mol. The summed E-state index contributed by atoms with van der Waals surface area (Å²) in [7, 11) is 0. The average Bonchev–Trinajstić information content (AvgIpc) is 2.64. The normalized spacial score (nSPS) is 17.5. The summed E-state index contributed by atoms with van der Waals surface area (Å²) in [6.07, 6.45) is -0.370. The fraction of sp³-hybridized carbons (Fsp3) is 0.316. The van der Waals surface area contributed by atoms with Crippen LogP contribution in [0, 0.1) is 0 Å². The highest BCUT2D eigenvalue weighted by atomic mass is 16.6. The van der Waals surface area contributed by atoms with Gasteiger partial charge >= 0.3 is 17.6 Å². The minimum Gasteiger partial charge on any atom is -0.481 e. The highest BCUT2D eigenvalue weighted by Crippen LogP contribution is 2.33. The standard InChI is InChI=1S/C19H18O8/c1-10(20)24-9-14(22)18(25-11(2)21)16-8-7-13-17(26-16)12-5-3-4-6-15(12)27-19(13)23/h3-8,14,16,18,22H,9H2,1-2H3/t14-,16+,18+/m1/s1. The van der Waals surface area contributed by atoms with Gasteiger partial charge in [-0.25, -0.2) is 4.79 Å². The molecule has 8 nitrogen and oxygen atoms in total. The van der Waals surface area contributed by atoms with Gasteiger partial charge in [0.2, 0.25) is 0 Å². The van der Waals surface area contributed by atoms with Gasteiger partial charge < -0.3 is 23.7 Å². The van der Waals surface area contributed by atoms with Crippen molar-refractivity contribution in [2.24, 2.45) is 0 Å². The first-order valence-electron chi connectivity index (χ1n) is 8.26. The Morgan fingerprint density at radius 3 is 2.67 bits per heavy atom. The number of aliphatic hydroxyl groups excluding tert-OH is 1. The molecule has 0 radical (unpaired) electrons. The first kappa shape index (κ1) is 18.7. The maximum atomic E-state index is 12.2. The Morgan fingerprint density at radius 2 is 1.96 bits per heavy atom. The second kappa shape index (κ2) is 7.63. The van der Waals surface area contributed by atoms with Gasteiger partial charge in [0.25, 0.3) is 0 Å². The number of ether oxygens (including phenoxy) is 3. The van der Waals surface area contributed by atoms with Crippen LogP contribution < -0.4 is 10.4 Å². The van der Waals surface area contributed by atoms with Crippen LogP contribution in [0.25, 0.3) is 17.0 Å². The van der Waals surface area contributed by atoms with Crippen LogP contribution in [0.1, 0.15) is 19.4 Å². The molecule has 0 fully saturated rings. The molecule has 0 saturated carbocycles. The Bertz CT molecular complexity index is 958. The lowest BCUT2D eigenvalue weighted by atomic mass is 10.0. The third-order valence-corrected chi connectivity index (χ3v) is 3.97. The number of hydrogen-bond donors (Lipinski definition) is 1. The second-order valence-corrected chi connectivity index (χ2v) is 6.01. The maximum Gasteiger partial charge on any atom is 0.347 e. The van der Waals surface area contributed by atoms with Crippen LogP contribution in [0.15, 0.2) is 39.6 Å². The zero-order chi connectivity index (χ0) is 19.6. The highest BCUT2D eigenvalue weighted by molar-refractivity contribution is 5.87. The molecule has 0 bridgehead atoms. The van der Waals surface area contributed by atoms with Crippen LogP contribution in [0.2, 0.25) is 0 Å². The Labute approximate surface area is 153 Å². The van der Waals surface area contributed by atoms with Crippen molar-refractivity contribution in [1.29, 1.82) is 0 Å². The Balaban J connectivity index is 1.95. The van der Waals surface area contributed by atoms with Crippen molar-refractivity contribution in [1.82, 2.24) is 0 Å². The number of carbonyl (C=O) groups is 2. The number of carbonyl (C=O) groups excluding carboxylic acids is 2. The van der Waals surface area contributed by atoms with Crippen LogP contribution in [0.3, 0.4) is 0 Å². The van der Waals surface area contributed by atoms with Gasteiger partial charge in [0, 0.05) is 13.8 Å². The summed E-state index contributed by atoms with van der Waals surface area (Å²) in [5.74, 6) is -0.946. The summed E-state index contributed by atoms with van der Waals surface area (Å²) in [5, 5.41) is 10.9. The molecule has 3 atom stereocenters. The molecule has 0 aliphatic carbocycles. The van der Waals surface area contributed by atoms with Crippen LogP contribution in [0.5, 0.6) is 5.75 Å². The molecule has 0 unspecified atom stereocenters. The fourth-order valence-corrected chi connectivity index (χ4v) is 2.80. The van der Waals surface area contributed by atoms with Gasteiger partial charge in [-0.3, -0.25) is 9.59 Å². The molecule has 0 amide bonds. The number of fused-ring (bicyclic) bond motifs is 3. The third kappa shape index (κ3) is 4.01. The summed E-state index contributed by atoms with van der Waals surface area (Å²) in [6.45, 7) is 2.02. The molecule has 1 aromatic heterocycles. The quantitative estimate of drug-likeness (QED) is 0.618. The summed E-state index contributed by atoms with van der Waals surface area (Å²) in [5.41, 5.74) is 0.00342. The van der Waals surface area contributed by atoms with E-state index in [0.717, 1.165) is 0 Å². The SMILES string of the molecule is CC(=O)OC[C@@H](O)[C@H](OC(C)=O)[C@@H]1C=Cc2c(c3ccccc3oc2=O)O1. The summed E-state index contributed by atoms with van der Waals surface area (Å²) < 4.78 is 21.1. The molecule has 27 heavy (non-hydrogen) atoms. The van der Waals surface area contributed by atoms with Gasteiger partial charge in [-0.1, -0.05) is 12.1 Å². The number of rotatable bonds is 5. The molecule has 1 aromatic carbocycles. The van der Waals surface area contributed by atoms with E-state index in [1.54, 1.807) is 24.3 Å². The molecule has 2 heterocycles. The zero-order valence-corrected chi connectivity index (χ0v) is 14.7. The summed E-state index contributed by atoms with van der Waals surface area (Å²) >= 11 is 0. The molecule has 1 N–H and O–H groups in total. The Hall–Kier alpha value is -3.13. The van der Waals surface area contributed by atoms with Crippen LogP contribution in [-0.2, 0) is 19.1 Å².